The first-order valence-corrected chi connectivity index (χ1v) is 8.89. The van der Waals surface area contributed by atoms with E-state index in [1.165, 1.54) is 6.26 Å². The highest BCUT2D eigenvalue weighted by Crippen LogP contribution is 2.11. The maximum Gasteiger partial charge on any atom is 0.175 e. The van der Waals surface area contributed by atoms with Gasteiger partial charge in [-0.25, -0.2) is 8.42 Å². The summed E-state index contributed by atoms with van der Waals surface area (Å²) in [6.07, 6.45) is 4.82. The number of nitrogens with one attached hydrogen (secondary N) is 1. The van der Waals surface area contributed by atoms with E-state index in [0.29, 0.717) is 10.9 Å². The van der Waals surface area contributed by atoms with Crippen LogP contribution in [0.15, 0.2) is 52.0 Å². The molecule has 5 heteroatoms. The quantitative estimate of drug-likeness (QED) is 0.854. The fraction of sp³-hybridized carbons (Fsp3) is 0.375. The van der Waals surface area contributed by atoms with Gasteiger partial charge >= 0.3 is 0 Å². The Morgan fingerprint density at radius 1 is 1.19 bits per heavy atom. The number of hydrogen-bond acceptors (Lipinski definition) is 4. The van der Waals surface area contributed by atoms with Crippen molar-refractivity contribution in [2.75, 3.05) is 6.26 Å². The Bertz CT molecular complexity index is 645. The van der Waals surface area contributed by atoms with Gasteiger partial charge in [0.1, 0.15) is 5.76 Å². The summed E-state index contributed by atoms with van der Waals surface area (Å²) in [7, 11) is -3.12. The van der Waals surface area contributed by atoms with Crippen molar-refractivity contribution >= 4 is 9.84 Å². The van der Waals surface area contributed by atoms with E-state index in [1.54, 1.807) is 18.4 Å². The molecule has 1 aromatic heterocycles. The Balaban J connectivity index is 1.79. The first-order valence-electron chi connectivity index (χ1n) is 7.00. The molecule has 1 N–H and O–H groups in total. The molecule has 0 aliphatic rings. The predicted molar refractivity (Wildman–Crippen MR) is 82.9 cm³/mol. The summed E-state index contributed by atoms with van der Waals surface area (Å²) in [6, 6.07) is 11.3. The number of benzene rings is 1. The molecule has 1 heterocycles. The van der Waals surface area contributed by atoms with Crippen LogP contribution in [0.4, 0.5) is 0 Å². The first-order chi connectivity index (χ1) is 9.95. The van der Waals surface area contributed by atoms with E-state index in [1.807, 2.05) is 24.3 Å². The number of hydrogen-bond donors (Lipinski definition) is 1. The zero-order valence-electron chi connectivity index (χ0n) is 12.4. The SMILES string of the molecule is CC(CCc1ccco1)NCc1ccc(S(C)(=O)=O)cc1. The summed E-state index contributed by atoms with van der Waals surface area (Å²) >= 11 is 0. The van der Waals surface area contributed by atoms with E-state index in [-0.39, 0.29) is 0 Å². The van der Waals surface area contributed by atoms with Crippen LogP contribution in [0.5, 0.6) is 0 Å². The number of furan rings is 1. The maximum absolute atomic E-state index is 11.4. The molecular formula is C16H21NO3S. The predicted octanol–water partition coefficient (Wildman–Crippen LogP) is 2.79. The van der Waals surface area contributed by atoms with Gasteiger partial charge in [0, 0.05) is 25.3 Å². The molecule has 4 nitrogen and oxygen atoms in total. The molecule has 0 spiro atoms. The summed E-state index contributed by atoms with van der Waals surface area (Å²) in [6.45, 7) is 2.86. The summed E-state index contributed by atoms with van der Waals surface area (Å²) in [4.78, 5) is 0.358. The normalized spacial score (nSPS) is 13.2. The van der Waals surface area contributed by atoms with Crippen molar-refractivity contribution in [3.8, 4) is 0 Å². The molecular weight excluding hydrogens is 286 g/mol. The lowest BCUT2D eigenvalue weighted by atomic mass is 10.1. The minimum atomic E-state index is -3.12. The monoisotopic (exact) mass is 307 g/mol. The highest BCUT2D eigenvalue weighted by Gasteiger charge is 2.07. The molecule has 1 unspecified atom stereocenters. The van der Waals surface area contributed by atoms with Crippen LogP contribution < -0.4 is 5.32 Å². The zero-order valence-corrected chi connectivity index (χ0v) is 13.2. The summed E-state index contributed by atoms with van der Waals surface area (Å²) in [5.41, 5.74) is 1.08. The minimum Gasteiger partial charge on any atom is -0.469 e. The van der Waals surface area contributed by atoms with Gasteiger partial charge in [0.05, 0.1) is 11.2 Å². The summed E-state index contributed by atoms with van der Waals surface area (Å²) in [5, 5.41) is 3.43. The Morgan fingerprint density at radius 3 is 2.48 bits per heavy atom. The van der Waals surface area contributed by atoms with Gasteiger partial charge < -0.3 is 9.73 Å². The van der Waals surface area contributed by atoms with Gasteiger partial charge in [0.15, 0.2) is 9.84 Å². The van der Waals surface area contributed by atoms with E-state index in [4.69, 9.17) is 4.42 Å². The van der Waals surface area contributed by atoms with Crippen LogP contribution in [0.1, 0.15) is 24.7 Å². The van der Waals surface area contributed by atoms with Crippen LogP contribution in [-0.2, 0) is 22.8 Å². The average molecular weight is 307 g/mol. The molecule has 0 aliphatic heterocycles. The molecule has 21 heavy (non-hydrogen) atoms. The molecule has 0 aliphatic carbocycles. The van der Waals surface area contributed by atoms with Crippen LogP contribution in [0.25, 0.3) is 0 Å². The molecule has 0 bridgehead atoms. The zero-order chi connectivity index (χ0) is 15.3. The van der Waals surface area contributed by atoms with Crippen molar-refractivity contribution in [2.45, 2.75) is 37.2 Å². The van der Waals surface area contributed by atoms with Crippen molar-refractivity contribution in [3.63, 3.8) is 0 Å². The average Bonchev–Trinajstić information content (AvgIpc) is 2.95. The first kappa shape index (κ1) is 15.8. The number of aryl methyl sites for hydroxylation is 1. The molecule has 0 saturated carbocycles. The topological polar surface area (TPSA) is 59.3 Å². The number of sulfone groups is 1. The van der Waals surface area contributed by atoms with Crippen molar-refractivity contribution in [1.29, 1.82) is 0 Å². The van der Waals surface area contributed by atoms with Crippen molar-refractivity contribution in [2.24, 2.45) is 0 Å². The lowest BCUT2D eigenvalue weighted by Gasteiger charge is -2.13. The number of rotatable bonds is 7. The summed E-state index contributed by atoms with van der Waals surface area (Å²) in [5.74, 6) is 1.00. The molecule has 114 valence electrons. The third-order valence-electron chi connectivity index (χ3n) is 3.41. The highest BCUT2D eigenvalue weighted by atomic mass is 32.2. The van der Waals surface area contributed by atoms with Crippen LogP contribution in [-0.4, -0.2) is 20.7 Å². The third kappa shape index (κ3) is 5.02. The highest BCUT2D eigenvalue weighted by molar-refractivity contribution is 7.90. The van der Waals surface area contributed by atoms with Crippen LogP contribution in [0.3, 0.4) is 0 Å². The van der Waals surface area contributed by atoms with E-state index in [0.717, 1.165) is 30.7 Å². The standard InChI is InChI=1S/C16H21NO3S/c1-13(5-8-15-4-3-11-20-15)17-12-14-6-9-16(10-7-14)21(2,18)19/h3-4,6-7,9-11,13,17H,5,8,12H2,1-2H3. The molecule has 1 atom stereocenters. The van der Waals surface area contributed by atoms with Gasteiger partial charge in [-0.3, -0.25) is 0 Å². The summed E-state index contributed by atoms with van der Waals surface area (Å²) < 4.78 is 28.1. The fourth-order valence-electron chi connectivity index (χ4n) is 2.06. The molecule has 0 amide bonds. The third-order valence-corrected chi connectivity index (χ3v) is 4.54. The smallest absolute Gasteiger partial charge is 0.175 e. The Labute approximate surface area is 126 Å². The molecule has 1 aromatic carbocycles. The van der Waals surface area contributed by atoms with Crippen LogP contribution >= 0.6 is 0 Å². The second kappa shape index (κ2) is 6.91. The van der Waals surface area contributed by atoms with Crippen molar-refractivity contribution < 1.29 is 12.8 Å². The minimum absolute atomic E-state index is 0.358. The Kier molecular flexibility index (Phi) is 5.20. The van der Waals surface area contributed by atoms with Crippen LogP contribution in [0.2, 0.25) is 0 Å². The van der Waals surface area contributed by atoms with Crippen LogP contribution in [0, 0.1) is 0 Å². The van der Waals surface area contributed by atoms with Gasteiger partial charge in [0.2, 0.25) is 0 Å². The molecule has 0 fully saturated rings. The van der Waals surface area contributed by atoms with Gasteiger partial charge in [-0.2, -0.15) is 0 Å². The Hall–Kier alpha value is -1.59. The molecule has 2 rings (SSSR count). The van der Waals surface area contributed by atoms with E-state index in [2.05, 4.69) is 12.2 Å². The van der Waals surface area contributed by atoms with Crippen molar-refractivity contribution in [3.05, 3.63) is 54.0 Å². The van der Waals surface area contributed by atoms with E-state index in [9.17, 15) is 8.42 Å². The molecule has 2 aromatic rings. The second-order valence-electron chi connectivity index (χ2n) is 5.32. The second-order valence-corrected chi connectivity index (χ2v) is 7.33. The molecule has 0 saturated heterocycles. The fourth-order valence-corrected chi connectivity index (χ4v) is 2.69. The Morgan fingerprint density at radius 2 is 1.90 bits per heavy atom. The van der Waals surface area contributed by atoms with E-state index >= 15 is 0 Å². The lowest BCUT2D eigenvalue weighted by molar-refractivity contribution is 0.460. The lowest BCUT2D eigenvalue weighted by Crippen LogP contribution is -2.25. The maximum atomic E-state index is 11.4. The van der Waals surface area contributed by atoms with Crippen molar-refractivity contribution in [1.82, 2.24) is 5.32 Å². The van der Waals surface area contributed by atoms with Gasteiger partial charge in [-0.05, 0) is 43.2 Å². The van der Waals surface area contributed by atoms with Gasteiger partial charge in [-0.15, -0.1) is 0 Å². The van der Waals surface area contributed by atoms with Gasteiger partial charge in [-0.1, -0.05) is 12.1 Å². The van der Waals surface area contributed by atoms with E-state index < -0.39 is 9.84 Å². The van der Waals surface area contributed by atoms with Gasteiger partial charge in [0.25, 0.3) is 0 Å². The largest absolute Gasteiger partial charge is 0.469 e. The molecule has 0 radical (unpaired) electrons.